The van der Waals surface area contributed by atoms with Crippen LogP contribution in [-0.4, -0.2) is 35.2 Å². The zero-order valence-electron chi connectivity index (χ0n) is 8.24. The molecule has 1 aliphatic heterocycles. The average Bonchev–Trinajstić information content (AvgIpc) is 2.41. The summed E-state index contributed by atoms with van der Waals surface area (Å²) in [4.78, 5) is 2.13. The molecule has 1 N–H and O–H groups in total. The second-order valence-electron chi connectivity index (χ2n) is 3.73. The van der Waals surface area contributed by atoms with E-state index in [0.29, 0.717) is 0 Å². The molecule has 13 heavy (non-hydrogen) atoms. The van der Waals surface area contributed by atoms with Gasteiger partial charge in [-0.2, -0.15) is 5.26 Å². The molecule has 74 valence electrons. The highest BCUT2D eigenvalue weighted by molar-refractivity contribution is 4.91. The van der Waals surface area contributed by atoms with Crippen LogP contribution in [0.25, 0.3) is 0 Å². The van der Waals surface area contributed by atoms with Gasteiger partial charge in [-0.1, -0.05) is 12.8 Å². The smallest absolute Gasteiger partial charge is 0.0952 e. The van der Waals surface area contributed by atoms with Crippen LogP contribution in [0.3, 0.4) is 0 Å². The third kappa shape index (κ3) is 2.68. The molecule has 1 fully saturated rings. The summed E-state index contributed by atoms with van der Waals surface area (Å²) in [7, 11) is 0. The van der Waals surface area contributed by atoms with E-state index in [1.807, 2.05) is 6.92 Å². The summed E-state index contributed by atoms with van der Waals surface area (Å²) in [5, 5.41) is 18.0. The van der Waals surface area contributed by atoms with Gasteiger partial charge in [-0.05, 0) is 26.3 Å². The van der Waals surface area contributed by atoms with Crippen LogP contribution in [0.4, 0.5) is 0 Å². The minimum Gasteiger partial charge on any atom is -0.395 e. The molecule has 2 atom stereocenters. The van der Waals surface area contributed by atoms with Crippen molar-refractivity contribution in [3.63, 3.8) is 0 Å². The molecule has 0 amide bonds. The second kappa shape index (κ2) is 5.21. The zero-order valence-corrected chi connectivity index (χ0v) is 8.24. The van der Waals surface area contributed by atoms with Gasteiger partial charge in [0, 0.05) is 6.04 Å². The summed E-state index contributed by atoms with van der Waals surface area (Å²) in [6.07, 6.45) is 4.59. The first kappa shape index (κ1) is 10.5. The van der Waals surface area contributed by atoms with Crippen molar-refractivity contribution in [1.29, 1.82) is 5.26 Å². The van der Waals surface area contributed by atoms with Gasteiger partial charge in [0.15, 0.2) is 0 Å². The fourth-order valence-electron chi connectivity index (χ4n) is 1.98. The molecule has 0 bridgehead atoms. The predicted octanol–water partition coefficient (Wildman–Crippen LogP) is 1.14. The van der Waals surface area contributed by atoms with Gasteiger partial charge in [-0.25, -0.2) is 0 Å². The normalized spacial score (nSPS) is 27.6. The summed E-state index contributed by atoms with van der Waals surface area (Å²) >= 11 is 0. The Balaban J connectivity index is 2.60. The molecule has 3 heteroatoms. The Labute approximate surface area is 80.0 Å². The van der Waals surface area contributed by atoms with E-state index in [0.717, 1.165) is 19.4 Å². The number of rotatable bonds is 2. The maximum Gasteiger partial charge on any atom is 0.0952 e. The Morgan fingerprint density at radius 2 is 2.31 bits per heavy atom. The van der Waals surface area contributed by atoms with E-state index in [-0.39, 0.29) is 18.7 Å². The Hall–Kier alpha value is -0.590. The highest BCUT2D eigenvalue weighted by atomic mass is 16.3. The summed E-state index contributed by atoms with van der Waals surface area (Å²) < 4.78 is 0. The van der Waals surface area contributed by atoms with Crippen LogP contribution in [-0.2, 0) is 0 Å². The van der Waals surface area contributed by atoms with Crippen molar-refractivity contribution in [2.24, 2.45) is 0 Å². The van der Waals surface area contributed by atoms with Crippen molar-refractivity contribution in [3.8, 4) is 6.07 Å². The third-order valence-corrected chi connectivity index (χ3v) is 2.82. The molecule has 1 saturated heterocycles. The monoisotopic (exact) mass is 182 g/mol. The summed E-state index contributed by atoms with van der Waals surface area (Å²) in [6, 6.07) is 2.39. The van der Waals surface area contributed by atoms with Crippen LogP contribution >= 0.6 is 0 Å². The fraction of sp³-hybridized carbons (Fsp3) is 0.900. The number of nitriles is 1. The number of hydrogen-bond donors (Lipinski definition) is 1. The molecule has 1 rings (SSSR count). The molecular formula is C10H18N2O. The van der Waals surface area contributed by atoms with Gasteiger partial charge in [0.25, 0.3) is 0 Å². The largest absolute Gasteiger partial charge is 0.395 e. The van der Waals surface area contributed by atoms with Gasteiger partial charge in [-0.3, -0.25) is 4.90 Å². The standard InChI is InChI=1S/C10H18N2O/c1-9(7-11)12-6-4-2-3-5-10(12)8-13/h9-10,13H,2-6,8H2,1H3. The van der Waals surface area contributed by atoms with Gasteiger partial charge in [0.2, 0.25) is 0 Å². The van der Waals surface area contributed by atoms with E-state index in [2.05, 4.69) is 11.0 Å². The van der Waals surface area contributed by atoms with Crippen LogP contribution < -0.4 is 0 Å². The molecule has 0 spiro atoms. The second-order valence-corrected chi connectivity index (χ2v) is 3.73. The van der Waals surface area contributed by atoms with E-state index in [4.69, 9.17) is 5.26 Å². The fourth-order valence-corrected chi connectivity index (χ4v) is 1.98. The molecule has 0 aromatic carbocycles. The maximum absolute atomic E-state index is 9.18. The van der Waals surface area contributed by atoms with Crippen molar-refractivity contribution in [1.82, 2.24) is 4.90 Å². The van der Waals surface area contributed by atoms with E-state index in [9.17, 15) is 5.11 Å². The molecule has 3 nitrogen and oxygen atoms in total. The van der Waals surface area contributed by atoms with Crippen LogP contribution in [0, 0.1) is 11.3 Å². The van der Waals surface area contributed by atoms with Crippen molar-refractivity contribution < 1.29 is 5.11 Å². The molecule has 0 aliphatic carbocycles. The molecule has 1 aliphatic rings. The lowest BCUT2D eigenvalue weighted by Crippen LogP contribution is -2.42. The minimum absolute atomic E-state index is 0.0600. The SMILES string of the molecule is CC(C#N)N1CCCCCC1CO. The third-order valence-electron chi connectivity index (χ3n) is 2.82. The molecule has 0 aromatic heterocycles. The Kier molecular flexibility index (Phi) is 4.20. The first-order chi connectivity index (χ1) is 6.29. The van der Waals surface area contributed by atoms with Crippen LogP contribution in [0.5, 0.6) is 0 Å². The maximum atomic E-state index is 9.18. The number of hydrogen-bond acceptors (Lipinski definition) is 3. The highest BCUT2D eigenvalue weighted by Gasteiger charge is 2.24. The van der Waals surface area contributed by atoms with E-state index in [1.165, 1.54) is 12.8 Å². The Morgan fingerprint density at radius 1 is 1.54 bits per heavy atom. The van der Waals surface area contributed by atoms with E-state index < -0.39 is 0 Å². The first-order valence-electron chi connectivity index (χ1n) is 5.05. The zero-order chi connectivity index (χ0) is 9.68. The lowest BCUT2D eigenvalue weighted by molar-refractivity contribution is 0.110. The lowest BCUT2D eigenvalue weighted by atomic mass is 10.1. The first-order valence-corrected chi connectivity index (χ1v) is 5.05. The van der Waals surface area contributed by atoms with E-state index in [1.54, 1.807) is 0 Å². The van der Waals surface area contributed by atoms with Gasteiger partial charge >= 0.3 is 0 Å². The Bertz CT molecular complexity index is 188. The average molecular weight is 182 g/mol. The summed E-state index contributed by atoms with van der Waals surface area (Å²) in [5.74, 6) is 0. The molecule has 0 saturated carbocycles. The quantitative estimate of drug-likeness (QED) is 0.696. The minimum atomic E-state index is -0.0600. The number of aliphatic hydroxyl groups excluding tert-OH is 1. The van der Waals surface area contributed by atoms with Crippen molar-refractivity contribution in [2.45, 2.75) is 44.7 Å². The summed E-state index contributed by atoms with van der Waals surface area (Å²) in [6.45, 7) is 3.06. The topological polar surface area (TPSA) is 47.3 Å². The van der Waals surface area contributed by atoms with Gasteiger partial charge in [-0.15, -0.1) is 0 Å². The van der Waals surface area contributed by atoms with Crippen molar-refractivity contribution in [3.05, 3.63) is 0 Å². The van der Waals surface area contributed by atoms with Gasteiger partial charge < -0.3 is 5.11 Å². The van der Waals surface area contributed by atoms with Crippen LogP contribution in [0.1, 0.15) is 32.6 Å². The molecule has 2 unspecified atom stereocenters. The van der Waals surface area contributed by atoms with Gasteiger partial charge in [0.1, 0.15) is 0 Å². The van der Waals surface area contributed by atoms with Crippen molar-refractivity contribution >= 4 is 0 Å². The highest BCUT2D eigenvalue weighted by Crippen LogP contribution is 2.18. The number of likely N-dealkylation sites (tertiary alicyclic amines) is 1. The molecule has 0 aromatic rings. The summed E-state index contributed by atoms with van der Waals surface area (Å²) in [5.41, 5.74) is 0. The molecular weight excluding hydrogens is 164 g/mol. The molecule has 0 radical (unpaired) electrons. The lowest BCUT2D eigenvalue weighted by Gasteiger charge is -2.30. The number of aliphatic hydroxyl groups is 1. The van der Waals surface area contributed by atoms with Crippen molar-refractivity contribution in [2.75, 3.05) is 13.2 Å². The van der Waals surface area contributed by atoms with Gasteiger partial charge in [0.05, 0.1) is 18.7 Å². The van der Waals surface area contributed by atoms with Crippen LogP contribution in [0.15, 0.2) is 0 Å². The van der Waals surface area contributed by atoms with Crippen LogP contribution in [0.2, 0.25) is 0 Å². The predicted molar refractivity (Wildman–Crippen MR) is 51.1 cm³/mol. The molecule has 1 heterocycles. The van der Waals surface area contributed by atoms with E-state index >= 15 is 0 Å². The Morgan fingerprint density at radius 3 is 2.92 bits per heavy atom. The number of nitrogens with zero attached hydrogens (tertiary/aromatic N) is 2.